The third kappa shape index (κ3) is 2.79. The maximum Gasteiger partial charge on any atom is 0.228 e. The first-order chi connectivity index (χ1) is 12.0. The zero-order chi connectivity index (χ0) is 17.6. The average molecular weight is 339 g/mol. The fourth-order valence-electron chi connectivity index (χ4n) is 3.49. The van der Waals surface area contributed by atoms with E-state index in [0.29, 0.717) is 19.6 Å². The first-order valence-corrected chi connectivity index (χ1v) is 8.55. The number of hydrogen-bond donors (Lipinski definition) is 0. The Bertz CT molecular complexity index is 811. The van der Waals surface area contributed by atoms with E-state index in [-0.39, 0.29) is 30.2 Å². The Kier molecular flexibility index (Phi) is 3.78. The smallest absolute Gasteiger partial charge is 0.228 e. The summed E-state index contributed by atoms with van der Waals surface area (Å²) in [6.07, 6.45) is 3.74. The molecule has 7 heteroatoms. The summed E-state index contributed by atoms with van der Waals surface area (Å²) >= 11 is 0. The summed E-state index contributed by atoms with van der Waals surface area (Å²) in [6, 6.07) is 6.19. The first-order valence-electron chi connectivity index (χ1n) is 8.55. The van der Waals surface area contributed by atoms with E-state index < -0.39 is 0 Å². The van der Waals surface area contributed by atoms with Crippen molar-refractivity contribution in [2.24, 2.45) is 5.92 Å². The number of anilines is 1. The number of likely N-dealkylation sites (tertiary alicyclic amines) is 1. The zero-order valence-electron chi connectivity index (χ0n) is 14.4. The normalized spacial score (nSPS) is 20.9. The van der Waals surface area contributed by atoms with Crippen molar-refractivity contribution in [3.05, 3.63) is 41.7 Å². The topological polar surface area (TPSA) is 71.3 Å². The van der Waals surface area contributed by atoms with E-state index in [1.807, 2.05) is 43.1 Å². The summed E-state index contributed by atoms with van der Waals surface area (Å²) in [5.41, 5.74) is 3.23. The summed E-state index contributed by atoms with van der Waals surface area (Å²) in [5, 5.41) is 7.77. The van der Waals surface area contributed by atoms with Crippen LogP contribution in [-0.2, 0) is 9.59 Å². The molecule has 7 nitrogen and oxygen atoms in total. The molecule has 1 aromatic carbocycles. The number of nitrogens with zero attached hydrogens (tertiary/aromatic N) is 5. The second kappa shape index (κ2) is 5.98. The SMILES string of the molecule is Cc1ccc(N2CC(C(=O)N3CC(n4ccnn4)C3)CC2=O)cc1C. The fraction of sp³-hybridized carbons (Fsp3) is 0.444. The number of rotatable bonds is 3. The number of aromatic nitrogens is 3. The van der Waals surface area contributed by atoms with E-state index in [9.17, 15) is 9.59 Å². The van der Waals surface area contributed by atoms with Crippen LogP contribution in [0.15, 0.2) is 30.6 Å². The number of benzene rings is 1. The molecule has 2 aliphatic rings. The van der Waals surface area contributed by atoms with Crippen LogP contribution in [0.4, 0.5) is 5.69 Å². The van der Waals surface area contributed by atoms with Crippen LogP contribution in [0.3, 0.4) is 0 Å². The summed E-state index contributed by atoms with van der Waals surface area (Å²) < 4.78 is 1.78. The third-order valence-electron chi connectivity index (χ3n) is 5.27. The minimum absolute atomic E-state index is 0.0231. The van der Waals surface area contributed by atoms with Crippen LogP contribution in [0.25, 0.3) is 0 Å². The van der Waals surface area contributed by atoms with Crippen LogP contribution in [0.5, 0.6) is 0 Å². The molecular formula is C18H21N5O2. The van der Waals surface area contributed by atoms with Gasteiger partial charge in [-0.15, -0.1) is 5.10 Å². The van der Waals surface area contributed by atoms with Gasteiger partial charge in [-0.05, 0) is 37.1 Å². The van der Waals surface area contributed by atoms with Gasteiger partial charge >= 0.3 is 0 Å². The second-order valence-electron chi connectivity index (χ2n) is 6.95. The quantitative estimate of drug-likeness (QED) is 0.846. The Balaban J connectivity index is 1.40. The Hall–Kier alpha value is -2.70. The molecule has 25 heavy (non-hydrogen) atoms. The van der Waals surface area contributed by atoms with Crippen LogP contribution in [0.1, 0.15) is 23.6 Å². The maximum absolute atomic E-state index is 12.7. The van der Waals surface area contributed by atoms with E-state index in [2.05, 4.69) is 10.3 Å². The zero-order valence-corrected chi connectivity index (χ0v) is 14.4. The van der Waals surface area contributed by atoms with Crippen molar-refractivity contribution in [2.75, 3.05) is 24.5 Å². The van der Waals surface area contributed by atoms with Crippen LogP contribution >= 0.6 is 0 Å². The highest BCUT2D eigenvalue weighted by molar-refractivity contribution is 6.00. The Morgan fingerprint density at radius 2 is 1.96 bits per heavy atom. The molecule has 2 fully saturated rings. The van der Waals surface area contributed by atoms with Gasteiger partial charge in [0.05, 0.1) is 18.2 Å². The van der Waals surface area contributed by atoms with Gasteiger partial charge in [0.1, 0.15) is 0 Å². The van der Waals surface area contributed by atoms with E-state index >= 15 is 0 Å². The van der Waals surface area contributed by atoms with Crippen molar-refractivity contribution in [2.45, 2.75) is 26.3 Å². The van der Waals surface area contributed by atoms with Gasteiger partial charge in [0.25, 0.3) is 0 Å². The Morgan fingerprint density at radius 3 is 2.64 bits per heavy atom. The molecule has 1 atom stereocenters. The summed E-state index contributed by atoms with van der Waals surface area (Å²) in [7, 11) is 0. The number of carbonyl (C=O) groups excluding carboxylic acids is 2. The molecule has 4 rings (SSSR count). The summed E-state index contributed by atoms with van der Waals surface area (Å²) in [5.74, 6) is -0.170. The highest BCUT2D eigenvalue weighted by Crippen LogP contribution is 2.30. The van der Waals surface area contributed by atoms with Crippen LogP contribution in [-0.4, -0.2) is 51.3 Å². The number of amides is 2. The summed E-state index contributed by atoms with van der Waals surface area (Å²) in [6.45, 7) is 5.82. The number of carbonyl (C=O) groups is 2. The molecular weight excluding hydrogens is 318 g/mol. The van der Waals surface area contributed by atoms with Crippen LogP contribution in [0, 0.1) is 19.8 Å². The molecule has 1 aromatic heterocycles. The largest absolute Gasteiger partial charge is 0.338 e. The molecule has 2 amide bonds. The van der Waals surface area contributed by atoms with E-state index in [4.69, 9.17) is 0 Å². The lowest BCUT2D eigenvalue weighted by atomic mass is 10.0. The van der Waals surface area contributed by atoms with Gasteiger partial charge in [-0.2, -0.15) is 0 Å². The lowest BCUT2D eigenvalue weighted by Crippen LogP contribution is -2.53. The highest BCUT2D eigenvalue weighted by atomic mass is 16.2. The van der Waals surface area contributed by atoms with Gasteiger partial charge in [-0.25, -0.2) is 4.68 Å². The molecule has 0 spiro atoms. The monoisotopic (exact) mass is 339 g/mol. The molecule has 0 saturated carbocycles. The average Bonchev–Trinajstić information content (AvgIpc) is 3.18. The molecule has 130 valence electrons. The van der Waals surface area contributed by atoms with Gasteiger partial charge in [-0.1, -0.05) is 11.3 Å². The molecule has 0 aliphatic carbocycles. The molecule has 0 N–H and O–H groups in total. The minimum atomic E-state index is -0.259. The van der Waals surface area contributed by atoms with Gasteiger partial charge in [0.15, 0.2) is 0 Å². The lowest BCUT2D eigenvalue weighted by Gasteiger charge is -2.40. The maximum atomic E-state index is 12.7. The van der Waals surface area contributed by atoms with E-state index in [0.717, 1.165) is 11.3 Å². The van der Waals surface area contributed by atoms with Gasteiger partial charge in [0, 0.05) is 37.9 Å². The molecule has 0 bridgehead atoms. The standard InChI is InChI=1S/C18H21N5O2/c1-12-3-4-15(7-13(12)2)22-9-14(8-17(22)24)18(25)21-10-16(11-21)23-6-5-19-20-23/h3-7,14,16H,8-11H2,1-2H3. The van der Waals surface area contributed by atoms with Crippen molar-refractivity contribution < 1.29 is 9.59 Å². The van der Waals surface area contributed by atoms with Crippen LogP contribution < -0.4 is 4.90 Å². The highest BCUT2D eigenvalue weighted by Gasteiger charge is 2.41. The molecule has 2 aliphatic heterocycles. The first kappa shape index (κ1) is 15.8. The number of hydrogen-bond acceptors (Lipinski definition) is 4. The lowest BCUT2D eigenvalue weighted by molar-refractivity contribution is -0.141. The molecule has 2 saturated heterocycles. The predicted molar refractivity (Wildman–Crippen MR) is 92.0 cm³/mol. The van der Waals surface area contributed by atoms with Gasteiger partial charge in [-0.3, -0.25) is 9.59 Å². The molecule has 3 heterocycles. The second-order valence-corrected chi connectivity index (χ2v) is 6.95. The van der Waals surface area contributed by atoms with Crippen LogP contribution in [0.2, 0.25) is 0 Å². The van der Waals surface area contributed by atoms with Crippen molar-refractivity contribution in [1.82, 2.24) is 19.9 Å². The Labute approximate surface area is 146 Å². The minimum Gasteiger partial charge on any atom is -0.338 e. The number of aryl methyl sites for hydroxylation is 2. The summed E-state index contributed by atoms with van der Waals surface area (Å²) in [4.78, 5) is 28.6. The molecule has 1 unspecified atom stereocenters. The molecule has 0 radical (unpaired) electrons. The van der Waals surface area contributed by atoms with Crippen molar-refractivity contribution in [1.29, 1.82) is 0 Å². The van der Waals surface area contributed by atoms with E-state index in [1.165, 1.54) is 5.56 Å². The van der Waals surface area contributed by atoms with Gasteiger partial charge < -0.3 is 9.80 Å². The fourth-order valence-corrected chi connectivity index (χ4v) is 3.49. The van der Waals surface area contributed by atoms with Crippen molar-refractivity contribution in [3.63, 3.8) is 0 Å². The van der Waals surface area contributed by atoms with E-state index in [1.54, 1.807) is 15.8 Å². The Morgan fingerprint density at radius 1 is 1.16 bits per heavy atom. The predicted octanol–water partition coefficient (Wildman–Crippen LogP) is 1.33. The molecule has 2 aromatic rings. The van der Waals surface area contributed by atoms with Crippen molar-refractivity contribution >= 4 is 17.5 Å². The van der Waals surface area contributed by atoms with Crippen molar-refractivity contribution in [3.8, 4) is 0 Å². The third-order valence-corrected chi connectivity index (χ3v) is 5.27. The van der Waals surface area contributed by atoms with Gasteiger partial charge in [0.2, 0.25) is 11.8 Å².